The van der Waals surface area contributed by atoms with E-state index in [1.54, 1.807) is 6.07 Å². The topological polar surface area (TPSA) is 12.0 Å². The van der Waals surface area contributed by atoms with Crippen molar-refractivity contribution in [2.45, 2.75) is 26.8 Å². The van der Waals surface area contributed by atoms with Gasteiger partial charge in [0, 0.05) is 16.2 Å². The summed E-state index contributed by atoms with van der Waals surface area (Å²) in [6, 6.07) is 11.3. The van der Waals surface area contributed by atoms with E-state index in [9.17, 15) is 4.39 Å². The lowest BCUT2D eigenvalue weighted by Gasteiger charge is -2.18. The van der Waals surface area contributed by atoms with Crippen molar-refractivity contribution in [2.75, 3.05) is 5.32 Å². The smallest absolute Gasteiger partial charge is 0.124 e. The molecule has 0 saturated heterocycles. The molecule has 1 atom stereocenters. The molecule has 0 aliphatic carbocycles. The molecule has 0 bridgehead atoms. The third-order valence-electron chi connectivity index (χ3n) is 3.33. The quantitative estimate of drug-likeness (QED) is 0.800. The summed E-state index contributed by atoms with van der Waals surface area (Å²) < 4.78 is 13.8. The van der Waals surface area contributed by atoms with Gasteiger partial charge in [-0.15, -0.1) is 0 Å². The second kappa shape index (κ2) is 5.74. The summed E-state index contributed by atoms with van der Waals surface area (Å²) >= 11 is 3.37. The van der Waals surface area contributed by atoms with Gasteiger partial charge in [-0.1, -0.05) is 18.2 Å². The van der Waals surface area contributed by atoms with E-state index < -0.39 is 0 Å². The highest BCUT2D eigenvalue weighted by atomic mass is 79.9. The Morgan fingerprint density at radius 2 is 1.79 bits per heavy atom. The average molecular weight is 322 g/mol. The van der Waals surface area contributed by atoms with E-state index in [0.717, 1.165) is 10.2 Å². The van der Waals surface area contributed by atoms with Crippen molar-refractivity contribution in [1.82, 2.24) is 0 Å². The summed E-state index contributed by atoms with van der Waals surface area (Å²) in [5.74, 6) is -0.240. The third kappa shape index (κ3) is 3.35. The van der Waals surface area contributed by atoms with E-state index in [1.807, 2.05) is 0 Å². The predicted molar refractivity (Wildman–Crippen MR) is 82.1 cm³/mol. The first-order valence-corrected chi connectivity index (χ1v) is 7.05. The number of hydrogen-bond donors (Lipinski definition) is 1. The number of anilines is 1. The van der Waals surface area contributed by atoms with Crippen LogP contribution in [0.15, 0.2) is 40.9 Å². The van der Waals surface area contributed by atoms with Crippen LogP contribution in [0.5, 0.6) is 0 Å². The van der Waals surface area contributed by atoms with Crippen LogP contribution in [0, 0.1) is 19.7 Å². The molecule has 19 heavy (non-hydrogen) atoms. The van der Waals surface area contributed by atoms with Crippen LogP contribution in [0.3, 0.4) is 0 Å². The maximum Gasteiger partial charge on any atom is 0.124 e. The van der Waals surface area contributed by atoms with Gasteiger partial charge in [-0.05, 0) is 71.6 Å². The zero-order chi connectivity index (χ0) is 14.0. The molecular weight excluding hydrogens is 305 g/mol. The number of aryl methyl sites for hydroxylation is 2. The molecule has 0 aliphatic rings. The fourth-order valence-electron chi connectivity index (χ4n) is 1.96. The molecule has 2 aromatic carbocycles. The highest BCUT2D eigenvalue weighted by molar-refractivity contribution is 9.10. The standard InChI is InChI=1S/C16H17BrFN/c1-10-4-5-13(8-11(10)2)12(3)19-16-7-6-14(18)9-15(16)17/h4-9,12,19H,1-3H3. The van der Waals surface area contributed by atoms with Crippen molar-refractivity contribution < 1.29 is 4.39 Å². The van der Waals surface area contributed by atoms with Crippen LogP contribution in [0.2, 0.25) is 0 Å². The van der Waals surface area contributed by atoms with Gasteiger partial charge >= 0.3 is 0 Å². The van der Waals surface area contributed by atoms with E-state index in [4.69, 9.17) is 0 Å². The Morgan fingerprint density at radius 3 is 2.42 bits per heavy atom. The van der Waals surface area contributed by atoms with Crippen molar-refractivity contribution in [2.24, 2.45) is 0 Å². The fourth-order valence-corrected chi connectivity index (χ4v) is 2.42. The van der Waals surface area contributed by atoms with Crippen molar-refractivity contribution in [3.8, 4) is 0 Å². The minimum Gasteiger partial charge on any atom is -0.378 e. The molecule has 1 N–H and O–H groups in total. The summed E-state index contributed by atoms with van der Waals surface area (Å²) in [7, 11) is 0. The largest absolute Gasteiger partial charge is 0.378 e. The van der Waals surface area contributed by atoms with Gasteiger partial charge in [0.1, 0.15) is 5.82 Å². The number of hydrogen-bond acceptors (Lipinski definition) is 1. The SMILES string of the molecule is Cc1ccc(C(C)Nc2ccc(F)cc2Br)cc1C. The Kier molecular flexibility index (Phi) is 4.25. The van der Waals surface area contributed by atoms with Crippen LogP contribution in [0.4, 0.5) is 10.1 Å². The van der Waals surface area contributed by atoms with Gasteiger partial charge in [0.05, 0.1) is 0 Å². The fraction of sp³-hybridized carbons (Fsp3) is 0.250. The minimum atomic E-state index is -0.240. The molecule has 1 nitrogen and oxygen atoms in total. The Morgan fingerprint density at radius 1 is 1.05 bits per heavy atom. The molecule has 0 spiro atoms. The van der Waals surface area contributed by atoms with Crippen molar-refractivity contribution in [3.63, 3.8) is 0 Å². The van der Waals surface area contributed by atoms with Crippen molar-refractivity contribution in [1.29, 1.82) is 0 Å². The molecule has 0 aromatic heterocycles. The van der Waals surface area contributed by atoms with Gasteiger partial charge < -0.3 is 5.32 Å². The van der Waals surface area contributed by atoms with E-state index in [2.05, 4.69) is 60.2 Å². The molecule has 100 valence electrons. The molecule has 1 unspecified atom stereocenters. The molecule has 0 radical (unpaired) electrons. The van der Waals surface area contributed by atoms with Crippen LogP contribution in [-0.4, -0.2) is 0 Å². The highest BCUT2D eigenvalue weighted by Crippen LogP contribution is 2.27. The van der Waals surface area contributed by atoms with Crippen LogP contribution in [-0.2, 0) is 0 Å². The normalized spacial score (nSPS) is 12.3. The Hall–Kier alpha value is -1.35. The van der Waals surface area contributed by atoms with Crippen LogP contribution < -0.4 is 5.32 Å². The molecular formula is C16H17BrFN. The van der Waals surface area contributed by atoms with Gasteiger partial charge in [-0.2, -0.15) is 0 Å². The molecule has 0 heterocycles. The van der Waals surface area contributed by atoms with Crippen molar-refractivity contribution in [3.05, 3.63) is 63.4 Å². The van der Waals surface area contributed by atoms with Crippen LogP contribution in [0.25, 0.3) is 0 Å². The molecule has 0 aliphatic heterocycles. The maximum absolute atomic E-state index is 13.0. The zero-order valence-corrected chi connectivity index (χ0v) is 12.9. The van der Waals surface area contributed by atoms with Crippen LogP contribution in [0.1, 0.15) is 29.7 Å². The number of nitrogens with one attached hydrogen (secondary N) is 1. The second-order valence-corrected chi connectivity index (χ2v) is 5.69. The first kappa shape index (κ1) is 14.1. The summed E-state index contributed by atoms with van der Waals surface area (Å²) in [6.45, 7) is 6.31. The van der Waals surface area contributed by atoms with Gasteiger partial charge in [0.25, 0.3) is 0 Å². The third-order valence-corrected chi connectivity index (χ3v) is 3.99. The lowest BCUT2D eigenvalue weighted by atomic mass is 10.0. The van der Waals surface area contributed by atoms with Gasteiger partial charge in [-0.25, -0.2) is 4.39 Å². The second-order valence-electron chi connectivity index (χ2n) is 4.83. The molecule has 2 rings (SSSR count). The van der Waals surface area contributed by atoms with E-state index in [-0.39, 0.29) is 11.9 Å². The van der Waals surface area contributed by atoms with Gasteiger partial charge in [0.15, 0.2) is 0 Å². The molecule has 2 aromatic rings. The van der Waals surface area contributed by atoms with E-state index in [0.29, 0.717) is 0 Å². The monoisotopic (exact) mass is 321 g/mol. The minimum absolute atomic E-state index is 0.168. The summed E-state index contributed by atoms with van der Waals surface area (Å²) in [4.78, 5) is 0. The number of benzene rings is 2. The summed E-state index contributed by atoms with van der Waals surface area (Å²) in [6.07, 6.45) is 0. The van der Waals surface area contributed by atoms with Gasteiger partial charge in [0.2, 0.25) is 0 Å². The molecule has 0 amide bonds. The molecule has 0 saturated carbocycles. The Labute approximate surface area is 122 Å². The number of halogens is 2. The Bertz CT molecular complexity index is 595. The number of rotatable bonds is 3. The highest BCUT2D eigenvalue weighted by Gasteiger charge is 2.09. The lowest BCUT2D eigenvalue weighted by molar-refractivity contribution is 0.627. The first-order valence-electron chi connectivity index (χ1n) is 6.26. The lowest BCUT2D eigenvalue weighted by Crippen LogP contribution is -2.07. The van der Waals surface area contributed by atoms with E-state index >= 15 is 0 Å². The first-order chi connectivity index (χ1) is 8.97. The predicted octanol–water partition coefficient (Wildman–Crippen LogP) is 5.38. The summed E-state index contributed by atoms with van der Waals surface area (Å²) in [5, 5.41) is 3.39. The van der Waals surface area contributed by atoms with E-state index in [1.165, 1.54) is 28.8 Å². The van der Waals surface area contributed by atoms with Crippen LogP contribution >= 0.6 is 15.9 Å². The summed E-state index contributed by atoms with van der Waals surface area (Å²) in [5.41, 5.74) is 4.69. The maximum atomic E-state index is 13.0. The zero-order valence-electron chi connectivity index (χ0n) is 11.3. The molecule has 3 heteroatoms. The van der Waals surface area contributed by atoms with Crippen molar-refractivity contribution >= 4 is 21.6 Å². The molecule has 0 fully saturated rings. The Balaban J connectivity index is 2.20. The average Bonchev–Trinajstić information content (AvgIpc) is 2.36. The van der Waals surface area contributed by atoms with Gasteiger partial charge in [-0.3, -0.25) is 0 Å².